The highest BCUT2D eigenvalue weighted by Gasteiger charge is 2.05. The Morgan fingerprint density at radius 1 is 1.50 bits per heavy atom. The van der Waals surface area contributed by atoms with Crippen molar-refractivity contribution in [1.29, 1.82) is 0 Å². The Balaban J connectivity index is 2.40. The Hall–Kier alpha value is -0.190. The van der Waals surface area contributed by atoms with Gasteiger partial charge in [-0.05, 0) is 24.6 Å². The summed E-state index contributed by atoms with van der Waals surface area (Å²) in [5, 5.41) is 3.38. The van der Waals surface area contributed by atoms with Crippen molar-refractivity contribution in [1.82, 2.24) is 5.32 Å². The first-order chi connectivity index (χ1) is 7.63. The van der Waals surface area contributed by atoms with E-state index in [4.69, 9.17) is 0 Å². The standard InChI is InChI=1S/C12H18BrNOS/c1-3-16(15)8-7-14-10(2)11-5-4-6-12(13)9-11/h4-6,9-10,14H,3,7-8H2,1-2H3. The van der Waals surface area contributed by atoms with Crippen molar-refractivity contribution >= 4 is 26.7 Å². The summed E-state index contributed by atoms with van der Waals surface area (Å²) in [5.74, 6) is 1.47. The predicted octanol–water partition coefficient (Wildman–Crippen LogP) is 2.87. The highest BCUT2D eigenvalue weighted by Crippen LogP contribution is 2.17. The molecule has 90 valence electrons. The van der Waals surface area contributed by atoms with E-state index >= 15 is 0 Å². The van der Waals surface area contributed by atoms with Crippen LogP contribution in [-0.4, -0.2) is 22.3 Å². The summed E-state index contributed by atoms with van der Waals surface area (Å²) >= 11 is 3.46. The molecule has 0 heterocycles. The molecule has 1 aromatic rings. The van der Waals surface area contributed by atoms with Crippen LogP contribution in [0.15, 0.2) is 28.7 Å². The fraction of sp³-hybridized carbons (Fsp3) is 0.500. The minimum atomic E-state index is -0.676. The highest BCUT2D eigenvalue weighted by atomic mass is 79.9. The minimum absolute atomic E-state index is 0.298. The second-order valence-electron chi connectivity index (χ2n) is 3.66. The predicted molar refractivity (Wildman–Crippen MR) is 74.1 cm³/mol. The van der Waals surface area contributed by atoms with Gasteiger partial charge in [0.15, 0.2) is 0 Å². The second-order valence-corrected chi connectivity index (χ2v) is 6.44. The molecule has 0 aromatic heterocycles. The number of hydrogen-bond donors (Lipinski definition) is 1. The first kappa shape index (κ1) is 13.9. The van der Waals surface area contributed by atoms with Gasteiger partial charge in [-0.25, -0.2) is 0 Å². The minimum Gasteiger partial charge on any atom is -0.309 e. The van der Waals surface area contributed by atoms with E-state index in [1.807, 2.05) is 19.1 Å². The molecule has 1 aromatic carbocycles. The average molecular weight is 304 g/mol. The summed E-state index contributed by atoms with van der Waals surface area (Å²) < 4.78 is 12.3. The molecule has 0 aliphatic heterocycles. The average Bonchev–Trinajstić information content (AvgIpc) is 2.28. The Morgan fingerprint density at radius 3 is 2.88 bits per heavy atom. The first-order valence-electron chi connectivity index (χ1n) is 5.47. The Morgan fingerprint density at radius 2 is 2.25 bits per heavy atom. The van der Waals surface area contributed by atoms with Crippen molar-refractivity contribution < 1.29 is 4.21 Å². The second kappa shape index (κ2) is 7.20. The molecule has 0 bridgehead atoms. The SMILES string of the molecule is CCS(=O)CCNC(C)c1cccc(Br)c1. The van der Waals surface area contributed by atoms with Gasteiger partial charge < -0.3 is 5.32 Å². The molecule has 0 fully saturated rings. The molecule has 0 aliphatic carbocycles. The van der Waals surface area contributed by atoms with Crippen molar-refractivity contribution in [3.63, 3.8) is 0 Å². The van der Waals surface area contributed by atoms with E-state index in [9.17, 15) is 4.21 Å². The Labute approximate surface area is 108 Å². The molecule has 0 amide bonds. The van der Waals surface area contributed by atoms with Gasteiger partial charge >= 0.3 is 0 Å². The van der Waals surface area contributed by atoms with Gasteiger partial charge in [0.05, 0.1) is 0 Å². The van der Waals surface area contributed by atoms with Crippen molar-refractivity contribution in [3.8, 4) is 0 Å². The zero-order valence-corrected chi connectivity index (χ0v) is 12.1. The van der Waals surface area contributed by atoms with Crippen LogP contribution in [0.3, 0.4) is 0 Å². The van der Waals surface area contributed by atoms with Crippen LogP contribution in [0, 0.1) is 0 Å². The lowest BCUT2D eigenvalue weighted by Gasteiger charge is -2.14. The molecule has 0 aliphatic rings. The van der Waals surface area contributed by atoms with Crippen LogP contribution in [0.5, 0.6) is 0 Å². The van der Waals surface area contributed by atoms with Crippen molar-refractivity contribution in [2.24, 2.45) is 0 Å². The maximum absolute atomic E-state index is 11.2. The zero-order chi connectivity index (χ0) is 12.0. The number of rotatable bonds is 6. The summed E-state index contributed by atoms with van der Waals surface area (Å²) in [4.78, 5) is 0. The van der Waals surface area contributed by atoms with Gasteiger partial charge in [0, 0.05) is 39.4 Å². The molecule has 0 radical (unpaired) electrons. The molecular weight excluding hydrogens is 286 g/mol. The van der Waals surface area contributed by atoms with Gasteiger partial charge in [0.2, 0.25) is 0 Å². The van der Waals surface area contributed by atoms with Crippen LogP contribution in [0.25, 0.3) is 0 Å². The van der Waals surface area contributed by atoms with E-state index < -0.39 is 10.8 Å². The maximum Gasteiger partial charge on any atom is 0.0360 e. The van der Waals surface area contributed by atoms with E-state index in [1.165, 1.54) is 5.56 Å². The van der Waals surface area contributed by atoms with Crippen molar-refractivity contribution in [2.75, 3.05) is 18.1 Å². The van der Waals surface area contributed by atoms with Crippen LogP contribution in [0.1, 0.15) is 25.5 Å². The maximum atomic E-state index is 11.2. The van der Waals surface area contributed by atoms with E-state index in [-0.39, 0.29) is 0 Å². The van der Waals surface area contributed by atoms with Gasteiger partial charge in [-0.1, -0.05) is 35.0 Å². The van der Waals surface area contributed by atoms with E-state index in [2.05, 4.69) is 40.3 Å². The number of halogens is 1. The molecular formula is C12H18BrNOS. The molecule has 1 N–H and O–H groups in total. The smallest absolute Gasteiger partial charge is 0.0360 e. The molecule has 16 heavy (non-hydrogen) atoms. The lowest BCUT2D eigenvalue weighted by atomic mass is 10.1. The highest BCUT2D eigenvalue weighted by molar-refractivity contribution is 9.10. The third-order valence-corrected chi connectivity index (χ3v) is 4.25. The summed E-state index contributed by atoms with van der Waals surface area (Å²) in [5.41, 5.74) is 1.25. The fourth-order valence-corrected chi connectivity index (χ4v) is 2.48. The largest absolute Gasteiger partial charge is 0.309 e. The first-order valence-corrected chi connectivity index (χ1v) is 7.75. The van der Waals surface area contributed by atoms with Gasteiger partial charge in [0.25, 0.3) is 0 Å². The van der Waals surface area contributed by atoms with Crippen molar-refractivity contribution in [3.05, 3.63) is 34.3 Å². The van der Waals surface area contributed by atoms with E-state index in [0.717, 1.165) is 22.5 Å². The third-order valence-electron chi connectivity index (χ3n) is 2.45. The molecule has 2 atom stereocenters. The lowest BCUT2D eigenvalue weighted by molar-refractivity contribution is 0.596. The molecule has 0 saturated carbocycles. The zero-order valence-electron chi connectivity index (χ0n) is 9.70. The van der Waals surface area contributed by atoms with Crippen LogP contribution in [0.4, 0.5) is 0 Å². The Kier molecular flexibility index (Phi) is 6.24. The molecule has 2 nitrogen and oxygen atoms in total. The number of nitrogens with one attached hydrogen (secondary N) is 1. The number of benzene rings is 1. The molecule has 1 rings (SSSR count). The van der Waals surface area contributed by atoms with Gasteiger partial charge in [-0.2, -0.15) is 0 Å². The summed E-state index contributed by atoms with van der Waals surface area (Å²) in [7, 11) is -0.676. The van der Waals surface area contributed by atoms with Crippen LogP contribution in [-0.2, 0) is 10.8 Å². The van der Waals surface area contributed by atoms with Gasteiger partial charge in [0.1, 0.15) is 0 Å². The summed E-state index contributed by atoms with van der Waals surface area (Å²) in [6.45, 7) is 4.87. The molecule has 2 unspecified atom stereocenters. The topological polar surface area (TPSA) is 29.1 Å². The lowest BCUT2D eigenvalue weighted by Crippen LogP contribution is -2.24. The monoisotopic (exact) mass is 303 g/mol. The molecule has 4 heteroatoms. The van der Waals surface area contributed by atoms with Crippen LogP contribution >= 0.6 is 15.9 Å². The molecule has 0 saturated heterocycles. The quantitative estimate of drug-likeness (QED) is 0.875. The molecule has 0 spiro atoms. The summed E-state index contributed by atoms with van der Waals surface area (Å²) in [6, 6.07) is 8.55. The number of hydrogen-bond acceptors (Lipinski definition) is 2. The fourth-order valence-electron chi connectivity index (χ4n) is 1.43. The van der Waals surface area contributed by atoms with E-state index in [0.29, 0.717) is 6.04 Å². The summed E-state index contributed by atoms with van der Waals surface area (Å²) in [6.07, 6.45) is 0. The van der Waals surface area contributed by atoms with E-state index in [1.54, 1.807) is 0 Å². The third kappa shape index (κ3) is 4.76. The Bertz CT molecular complexity index is 357. The van der Waals surface area contributed by atoms with Crippen LogP contribution < -0.4 is 5.32 Å². The van der Waals surface area contributed by atoms with Gasteiger partial charge in [-0.15, -0.1) is 0 Å². The normalized spacial score (nSPS) is 14.7. The van der Waals surface area contributed by atoms with Crippen LogP contribution in [0.2, 0.25) is 0 Å². The van der Waals surface area contributed by atoms with Gasteiger partial charge in [-0.3, -0.25) is 4.21 Å². The van der Waals surface area contributed by atoms with Crippen molar-refractivity contribution in [2.45, 2.75) is 19.9 Å².